The highest BCUT2D eigenvalue weighted by Crippen LogP contribution is 2.42. The van der Waals surface area contributed by atoms with E-state index in [-0.39, 0.29) is 41.5 Å². The molecule has 7 nitrogen and oxygen atoms in total. The number of allylic oxidation sites excluding steroid dienone is 1. The number of alkyl halides is 3. The molecule has 30 heavy (non-hydrogen) atoms. The van der Waals surface area contributed by atoms with Crippen LogP contribution in [-0.2, 0) is 32.1 Å². The van der Waals surface area contributed by atoms with Crippen LogP contribution in [0.2, 0.25) is 0 Å². The molecule has 1 unspecified atom stereocenters. The van der Waals surface area contributed by atoms with Crippen molar-refractivity contribution in [1.29, 1.82) is 0 Å². The molecule has 1 aliphatic heterocycles. The molecule has 2 rings (SSSR count). The van der Waals surface area contributed by atoms with E-state index in [1.165, 1.54) is 20.3 Å². The predicted molar refractivity (Wildman–Crippen MR) is 100 cm³/mol. The molecule has 0 saturated heterocycles. The van der Waals surface area contributed by atoms with E-state index in [1.54, 1.807) is 19.9 Å². The Morgan fingerprint density at radius 3 is 2.53 bits per heavy atom. The van der Waals surface area contributed by atoms with Crippen molar-refractivity contribution in [2.45, 2.75) is 39.5 Å². The zero-order valence-corrected chi connectivity index (χ0v) is 16.9. The molecule has 1 heterocycles. The van der Waals surface area contributed by atoms with Gasteiger partial charge in [0.05, 0.1) is 25.5 Å². The van der Waals surface area contributed by atoms with Gasteiger partial charge < -0.3 is 19.5 Å². The average molecular weight is 429 g/mol. The molecular weight excluding hydrogens is 407 g/mol. The second-order valence-electron chi connectivity index (χ2n) is 6.79. The summed E-state index contributed by atoms with van der Waals surface area (Å²) in [6, 6.07) is 0. The first-order valence-electron chi connectivity index (χ1n) is 9.04. The van der Waals surface area contributed by atoms with Gasteiger partial charge in [0.1, 0.15) is 12.4 Å². The predicted octanol–water partition coefficient (Wildman–Crippen LogP) is 3.47. The van der Waals surface area contributed by atoms with E-state index in [0.29, 0.717) is 17.5 Å². The smallest absolute Gasteiger partial charge is 0.471 e. The number of ether oxygens (including phenoxy) is 3. The third kappa shape index (κ3) is 4.92. The number of hydrogen-bond acceptors (Lipinski definition) is 6. The Balaban J connectivity index is 2.49. The highest BCUT2D eigenvalue weighted by Gasteiger charge is 2.41. The zero-order valence-electron chi connectivity index (χ0n) is 16.9. The minimum Gasteiger partial charge on any atom is -0.496 e. The number of rotatable bonds is 7. The summed E-state index contributed by atoms with van der Waals surface area (Å²) in [5, 5.41) is 1.83. The first-order chi connectivity index (χ1) is 14.0. The van der Waals surface area contributed by atoms with E-state index >= 15 is 0 Å². The van der Waals surface area contributed by atoms with E-state index in [0.717, 1.165) is 0 Å². The number of benzene rings is 1. The monoisotopic (exact) mass is 429 g/mol. The molecular formula is C20H22F3NO6. The van der Waals surface area contributed by atoms with Crippen molar-refractivity contribution >= 4 is 23.5 Å². The lowest BCUT2D eigenvalue weighted by molar-refractivity contribution is -0.167. The fourth-order valence-corrected chi connectivity index (χ4v) is 3.20. The van der Waals surface area contributed by atoms with Crippen molar-refractivity contribution in [3.8, 4) is 5.75 Å². The van der Waals surface area contributed by atoms with Crippen LogP contribution in [0.15, 0.2) is 12.2 Å². The van der Waals surface area contributed by atoms with Crippen molar-refractivity contribution in [2.75, 3.05) is 19.5 Å². The standard InChI is InChI=1S/C20H22F3NO6/c1-10(6-8-14(25)28-3)5-7-12-16(24-19(27)20(21,22)23)15-13(9-30-18(15)26)11(2)17(12)29-4/h6,8,10H,5,7,9H2,1-4H3,(H,24,27)/b8-6+. The molecule has 0 saturated carbocycles. The van der Waals surface area contributed by atoms with Crippen LogP contribution in [-0.4, -0.2) is 38.2 Å². The molecule has 1 aliphatic rings. The SMILES string of the molecule is COC(=O)/C=C/C(C)CCc1c(NC(=O)C(F)(F)F)c2c(c(C)c1OC)COC2=O. The molecule has 0 radical (unpaired) electrons. The van der Waals surface area contributed by atoms with Crippen LogP contribution < -0.4 is 10.1 Å². The quantitative estimate of drug-likeness (QED) is 0.527. The number of nitrogens with one attached hydrogen (secondary N) is 1. The highest BCUT2D eigenvalue weighted by atomic mass is 19.4. The zero-order chi connectivity index (χ0) is 22.6. The number of amides is 1. The van der Waals surface area contributed by atoms with Gasteiger partial charge in [-0.3, -0.25) is 4.79 Å². The van der Waals surface area contributed by atoms with Gasteiger partial charge in [-0.05, 0) is 31.2 Å². The molecule has 1 aromatic rings. The number of methoxy groups -OCH3 is 2. The van der Waals surface area contributed by atoms with Crippen LogP contribution in [0.5, 0.6) is 5.75 Å². The molecule has 164 valence electrons. The van der Waals surface area contributed by atoms with Crippen LogP contribution >= 0.6 is 0 Å². The summed E-state index contributed by atoms with van der Waals surface area (Å²) in [5.74, 6) is -3.42. The molecule has 1 aromatic carbocycles. The van der Waals surface area contributed by atoms with Gasteiger partial charge in [-0.1, -0.05) is 13.0 Å². The van der Waals surface area contributed by atoms with Gasteiger partial charge in [-0.25, -0.2) is 9.59 Å². The number of hydrogen-bond donors (Lipinski definition) is 1. The number of carbonyl (C=O) groups is 3. The lowest BCUT2D eigenvalue weighted by Crippen LogP contribution is -2.31. The molecule has 1 amide bonds. The van der Waals surface area contributed by atoms with Crippen molar-refractivity contribution in [3.63, 3.8) is 0 Å². The Kier molecular flexibility index (Phi) is 7.12. The normalized spacial score (nSPS) is 14.3. The van der Waals surface area contributed by atoms with E-state index in [4.69, 9.17) is 9.47 Å². The van der Waals surface area contributed by atoms with Crippen LogP contribution in [0.3, 0.4) is 0 Å². The van der Waals surface area contributed by atoms with E-state index in [1.807, 2.05) is 5.32 Å². The summed E-state index contributed by atoms with van der Waals surface area (Å²) in [5.41, 5.74) is 0.816. The summed E-state index contributed by atoms with van der Waals surface area (Å²) in [7, 11) is 2.59. The van der Waals surface area contributed by atoms with Crippen LogP contribution in [0.4, 0.5) is 18.9 Å². The number of cyclic esters (lactones) is 1. The Labute approximate surface area is 171 Å². The summed E-state index contributed by atoms with van der Waals surface area (Å²) < 4.78 is 53.6. The maximum atomic E-state index is 12.9. The van der Waals surface area contributed by atoms with E-state index < -0.39 is 24.0 Å². The second kappa shape index (κ2) is 9.19. The summed E-state index contributed by atoms with van der Waals surface area (Å²) in [4.78, 5) is 35.1. The maximum absolute atomic E-state index is 12.9. The molecule has 0 aromatic heterocycles. The third-order valence-corrected chi connectivity index (χ3v) is 4.78. The van der Waals surface area contributed by atoms with Gasteiger partial charge in [-0.2, -0.15) is 13.2 Å². The van der Waals surface area contributed by atoms with Gasteiger partial charge in [0.2, 0.25) is 0 Å². The number of carbonyl (C=O) groups excluding carboxylic acids is 3. The lowest BCUT2D eigenvalue weighted by atomic mass is 9.91. The fraction of sp³-hybridized carbons (Fsp3) is 0.450. The molecule has 0 bridgehead atoms. The molecule has 1 N–H and O–H groups in total. The molecule has 0 fully saturated rings. The summed E-state index contributed by atoms with van der Waals surface area (Å²) >= 11 is 0. The number of anilines is 1. The van der Waals surface area contributed by atoms with Gasteiger partial charge in [0.15, 0.2) is 0 Å². The second-order valence-corrected chi connectivity index (χ2v) is 6.79. The number of fused-ring (bicyclic) bond motifs is 1. The van der Waals surface area contributed by atoms with E-state index in [9.17, 15) is 27.6 Å². The molecule has 0 spiro atoms. The van der Waals surface area contributed by atoms with Crippen molar-refractivity contribution in [3.05, 3.63) is 34.4 Å². The maximum Gasteiger partial charge on any atom is 0.471 e. The van der Waals surface area contributed by atoms with E-state index in [2.05, 4.69) is 4.74 Å². The van der Waals surface area contributed by atoms with Gasteiger partial charge in [0.25, 0.3) is 0 Å². The van der Waals surface area contributed by atoms with Crippen LogP contribution in [0.1, 0.15) is 40.4 Å². The van der Waals surface area contributed by atoms with Gasteiger partial charge >= 0.3 is 24.0 Å². The Hall–Kier alpha value is -3.04. The fourth-order valence-electron chi connectivity index (χ4n) is 3.20. The minimum atomic E-state index is -5.14. The topological polar surface area (TPSA) is 90.9 Å². The first-order valence-corrected chi connectivity index (χ1v) is 9.04. The molecule has 0 aliphatic carbocycles. The van der Waals surface area contributed by atoms with Crippen molar-refractivity contribution in [2.24, 2.45) is 5.92 Å². The number of esters is 2. The van der Waals surface area contributed by atoms with Crippen LogP contribution in [0, 0.1) is 12.8 Å². The minimum absolute atomic E-state index is 0.0985. The number of halogens is 3. The van der Waals surface area contributed by atoms with Crippen LogP contribution in [0.25, 0.3) is 0 Å². The summed E-state index contributed by atoms with van der Waals surface area (Å²) in [6.07, 6.45) is -1.72. The largest absolute Gasteiger partial charge is 0.496 e. The third-order valence-electron chi connectivity index (χ3n) is 4.78. The van der Waals surface area contributed by atoms with Gasteiger partial charge in [-0.15, -0.1) is 0 Å². The first kappa shape index (κ1) is 23.2. The highest BCUT2D eigenvalue weighted by molar-refractivity contribution is 6.06. The Bertz CT molecular complexity index is 892. The van der Waals surface area contributed by atoms with Crippen molar-refractivity contribution < 1.29 is 41.8 Å². The van der Waals surface area contributed by atoms with Crippen molar-refractivity contribution in [1.82, 2.24) is 0 Å². The average Bonchev–Trinajstić information content (AvgIpc) is 3.07. The summed E-state index contributed by atoms with van der Waals surface area (Å²) in [6.45, 7) is 3.34. The molecule has 10 heteroatoms. The Morgan fingerprint density at radius 1 is 1.30 bits per heavy atom. The Morgan fingerprint density at radius 2 is 1.97 bits per heavy atom. The lowest BCUT2D eigenvalue weighted by Gasteiger charge is -2.21. The molecule has 1 atom stereocenters. The van der Waals surface area contributed by atoms with Gasteiger partial charge in [0, 0.05) is 17.2 Å².